The van der Waals surface area contributed by atoms with Crippen molar-refractivity contribution < 1.29 is 14.2 Å². The number of ether oxygens (including phenoxy) is 1. The van der Waals surface area contributed by atoms with Gasteiger partial charge in [0.25, 0.3) is 0 Å². The van der Waals surface area contributed by atoms with E-state index >= 15 is 0 Å². The normalized spacial score (nSPS) is 21.0. The number of nitrogens with zero attached hydrogens (tertiary/aromatic N) is 1. The highest BCUT2D eigenvalue weighted by molar-refractivity contribution is 6.30. The molecule has 0 saturated carbocycles. The molecule has 0 amide bonds. The summed E-state index contributed by atoms with van der Waals surface area (Å²) in [6.07, 6.45) is 0.668. The number of hydrogen-bond acceptors (Lipinski definition) is 3. The van der Waals surface area contributed by atoms with Crippen LogP contribution in [0.4, 0.5) is 4.39 Å². The second-order valence-corrected chi connectivity index (χ2v) is 6.19. The lowest BCUT2D eigenvalue weighted by Crippen LogP contribution is -2.58. The second kappa shape index (κ2) is 7.05. The molecular weight excluding hydrogens is 293 g/mol. The molecule has 1 fully saturated rings. The first-order chi connectivity index (χ1) is 9.97. The van der Waals surface area contributed by atoms with E-state index in [1.54, 1.807) is 6.07 Å². The molecule has 1 heterocycles. The molecule has 1 aliphatic rings. The van der Waals surface area contributed by atoms with Gasteiger partial charge in [-0.05, 0) is 31.0 Å². The maximum atomic E-state index is 13.5. The van der Waals surface area contributed by atoms with Gasteiger partial charge in [-0.3, -0.25) is 4.90 Å². The van der Waals surface area contributed by atoms with Crippen LogP contribution in [0.3, 0.4) is 0 Å². The van der Waals surface area contributed by atoms with Crippen LogP contribution in [0.2, 0.25) is 5.02 Å². The van der Waals surface area contributed by atoms with Crippen LogP contribution in [0.25, 0.3) is 0 Å². The van der Waals surface area contributed by atoms with Gasteiger partial charge >= 0.3 is 0 Å². The Morgan fingerprint density at radius 2 is 2.10 bits per heavy atom. The van der Waals surface area contributed by atoms with E-state index in [-0.39, 0.29) is 10.6 Å². The number of aliphatic hydroxyl groups excluding tert-OH is 1. The molecule has 0 radical (unpaired) electrons. The predicted octanol–water partition coefficient (Wildman–Crippen LogP) is 2.88. The summed E-state index contributed by atoms with van der Waals surface area (Å²) < 4.78 is 18.9. The lowest BCUT2D eigenvalue weighted by Gasteiger charge is -2.46. The summed E-state index contributed by atoms with van der Waals surface area (Å²) in [5.41, 5.74) is 0.428. The molecule has 1 aliphatic heterocycles. The van der Waals surface area contributed by atoms with E-state index in [4.69, 9.17) is 16.3 Å². The van der Waals surface area contributed by atoms with Crippen LogP contribution in [0, 0.1) is 5.82 Å². The fourth-order valence-electron chi connectivity index (χ4n) is 2.85. The van der Waals surface area contributed by atoms with Crippen molar-refractivity contribution in [2.75, 3.05) is 26.3 Å². The molecule has 2 rings (SSSR count). The number of aliphatic hydroxyl groups is 1. The fraction of sp³-hybridized carbons (Fsp3) is 0.625. The van der Waals surface area contributed by atoms with Crippen molar-refractivity contribution in [3.63, 3.8) is 0 Å². The Balaban J connectivity index is 2.11. The van der Waals surface area contributed by atoms with Crippen LogP contribution in [-0.4, -0.2) is 48.0 Å². The number of morpholine rings is 1. The molecule has 1 aromatic rings. The third kappa shape index (κ3) is 3.75. The summed E-state index contributed by atoms with van der Waals surface area (Å²) in [6, 6.07) is 4.71. The zero-order valence-corrected chi connectivity index (χ0v) is 13.4. The van der Waals surface area contributed by atoms with Crippen LogP contribution in [0.5, 0.6) is 0 Å². The minimum atomic E-state index is -0.568. The molecule has 0 spiro atoms. The smallest absolute Gasteiger partial charge is 0.142 e. The molecule has 0 aromatic heterocycles. The Labute approximate surface area is 130 Å². The van der Waals surface area contributed by atoms with Crippen LogP contribution in [0.15, 0.2) is 18.2 Å². The van der Waals surface area contributed by atoms with Gasteiger partial charge in [-0.1, -0.05) is 24.6 Å². The van der Waals surface area contributed by atoms with E-state index in [1.165, 1.54) is 12.1 Å². The van der Waals surface area contributed by atoms with Crippen molar-refractivity contribution in [1.82, 2.24) is 4.90 Å². The third-order valence-electron chi connectivity index (χ3n) is 4.58. The van der Waals surface area contributed by atoms with E-state index in [1.807, 2.05) is 0 Å². The maximum absolute atomic E-state index is 13.5. The topological polar surface area (TPSA) is 32.7 Å². The lowest BCUT2D eigenvalue weighted by molar-refractivity contribution is -0.0714. The van der Waals surface area contributed by atoms with Crippen molar-refractivity contribution >= 4 is 11.6 Å². The van der Waals surface area contributed by atoms with Crippen LogP contribution >= 0.6 is 11.6 Å². The quantitative estimate of drug-likeness (QED) is 0.907. The molecule has 5 heteroatoms. The Morgan fingerprint density at radius 1 is 1.43 bits per heavy atom. The van der Waals surface area contributed by atoms with Gasteiger partial charge in [0, 0.05) is 25.0 Å². The highest BCUT2D eigenvalue weighted by atomic mass is 35.5. The fourth-order valence-corrected chi connectivity index (χ4v) is 2.97. The zero-order chi connectivity index (χ0) is 15.5. The summed E-state index contributed by atoms with van der Waals surface area (Å²) >= 11 is 5.70. The van der Waals surface area contributed by atoms with Gasteiger partial charge in [0.2, 0.25) is 0 Å². The Morgan fingerprint density at radius 3 is 2.67 bits per heavy atom. The van der Waals surface area contributed by atoms with Crippen molar-refractivity contribution in [3.8, 4) is 0 Å². The monoisotopic (exact) mass is 315 g/mol. The largest absolute Gasteiger partial charge is 0.391 e. The van der Waals surface area contributed by atoms with Gasteiger partial charge in [-0.25, -0.2) is 4.39 Å². The molecule has 2 atom stereocenters. The molecule has 21 heavy (non-hydrogen) atoms. The molecule has 1 saturated heterocycles. The minimum Gasteiger partial charge on any atom is -0.391 e. The maximum Gasteiger partial charge on any atom is 0.142 e. The molecule has 1 aromatic carbocycles. The predicted molar refractivity (Wildman–Crippen MR) is 82.2 cm³/mol. The van der Waals surface area contributed by atoms with E-state index in [0.717, 1.165) is 25.1 Å². The minimum absolute atomic E-state index is 0.111. The van der Waals surface area contributed by atoms with Crippen molar-refractivity contribution in [2.24, 2.45) is 0 Å². The average molecular weight is 316 g/mol. The van der Waals surface area contributed by atoms with E-state index in [0.29, 0.717) is 19.6 Å². The van der Waals surface area contributed by atoms with Gasteiger partial charge in [0.05, 0.1) is 24.3 Å². The highest BCUT2D eigenvalue weighted by Crippen LogP contribution is 2.28. The summed E-state index contributed by atoms with van der Waals surface area (Å²) in [5.74, 6) is -0.439. The number of halogens is 2. The van der Waals surface area contributed by atoms with E-state index in [9.17, 15) is 9.50 Å². The first kappa shape index (κ1) is 16.7. The van der Waals surface area contributed by atoms with E-state index in [2.05, 4.69) is 18.7 Å². The van der Waals surface area contributed by atoms with Crippen molar-refractivity contribution in [3.05, 3.63) is 34.6 Å². The molecule has 0 bridgehead atoms. The van der Waals surface area contributed by atoms with Crippen LogP contribution < -0.4 is 0 Å². The van der Waals surface area contributed by atoms with E-state index < -0.39 is 11.9 Å². The Bertz CT molecular complexity index is 479. The molecule has 3 nitrogen and oxygen atoms in total. The third-order valence-corrected chi connectivity index (χ3v) is 4.89. The van der Waals surface area contributed by atoms with Crippen molar-refractivity contribution in [1.29, 1.82) is 0 Å². The van der Waals surface area contributed by atoms with Crippen molar-refractivity contribution in [2.45, 2.75) is 38.3 Å². The Kier molecular flexibility index (Phi) is 5.60. The number of benzene rings is 1. The molecule has 2 unspecified atom stereocenters. The van der Waals surface area contributed by atoms with Gasteiger partial charge in [0.15, 0.2) is 0 Å². The standard InChI is InChI=1S/C16H23ClFNO2/c1-3-16(2,19-6-8-21-9-7-19)15(20)11-12-4-5-13(17)14(18)10-12/h4-5,10,15,20H,3,6-9,11H2,1-2H3. The molecule has 0 aliphatic carbocycles. The lowest BCUT2D eigenvalue weighted by atomic mass is 9.85. The van der Waals surface area contributed by atoms with Gasteiger partial charge in [-0.2, -0.15) is 0 Å². The number of rotatable bonds is 5. The summed E-state index contributed by atoms with van der Waals surface area (Å²) in [6.45, 7) is 7.15. The van der Waals surface area contributed by atoms with Gasteiger partial charge in [0.1, 0.15) is 5.82 Å². The SMILES string of the molecule is CCC(C)(C(O)Cc1ccc(Cl)c(F)c1)N1CCOCC1. The Hall–Kier alpha value is -0.680. The second-order valence-electron chi connectivity index (χ2n) is 5.78. The van der Waals surface area contributed by atoms with Crippen LogP contribution in [0.1, 0.15) is 25.8 Å². The van der Waals surface area contributed by atoms with Crippen LogP contribution in [-0.2, 0) is 11.2 Å². The highest BCUT2D eigenvalue weighted by Gasteiger charge is 2.38. The number of hydrogen-bond donors (Lipinski definition) is 1. The van der Waals surface area contributed by atoms with Gasteiger partial charge in [-0.15, -0.1) is 0 Å². The first-order valence-electron chi connectivity index (χ1n) is 7.42. The molecule has 1 N–H and O–H groups in total. The zero-order valence-electron chi connectivity index (χ0n) is 12.6. The molecule has 118 valence electrons. The van der Waals surface area contributed by atoms with Gasteiger partial charge < -0.3 is 9.84 Å². The average Bonchev–Trinajstić information content (AvgIpc) is 2.51. The summed E-state index contributed by atoms with van der Waals surface area (Å²) in [5, 5.41) is 10.8. The summed E-state index contributed by atoms with van der Waals surface area (Å²) in [7, 11) is 0. The molecular formula is C16H23ClFNO2. The first-order valence-corrected chi connectivity index (χ1v) is 7.80. The summed E-state index contributed by atoms with van der Waals surface area (Å²) in [4.78, 5) is 2.27.